The van der Waals surface area contributed by atoms with Gasteiger partial charge in [-0.25, -0.2) is 4.39 Å². The van der Waals surface area contributed by atoms with Gasteiger partial charge < -0.3 is 10.1 Å². The lowest BCUT2D eigenvalue weighted by Gasteiger charge is -2.07. The van der Waals surface area contributed by atoms with E-state index >= 15 is 0 Å². The highest BCUT2D eigenvalue weighted by Crippen LogP contribution is 2.12. The molecule has 0 unspecified atom stereocenters. The van der Waals surface area contributed by atoms with Gasteiger partial charge in [0.2, 0.25) is 5.96 Å². The van der Waals surface area contributed by atoms with Crippen molar-refractivity contribution in [1.29, 1.82) is 5.26 Å². The van der Waals surface area contributed by atoms with E-state index < -0.39 is 0 Å². The minimum atomic E-state index is -0.255. The zero-order valence-corrected chi connectivity index (χ0v) is 15.2. The van der Waals surface area contributed by atoms with Crippen molar-refractivity contribution in [3.63, 3.8) is 0 Å². The summed E-state index contributed by atoms with van der Waals surface area (Å²) in [5, 5.41) is 14.4. The number of aliphatic imine (C=N–C) groups is 1. The Morgan fingerprint density at radius 3 is 2.48 bits per heavy atom. The molecule has 0 radical (unpaired) electrons. The topological polar surface area (TPSA) is 82.3 Å². The van der Waals surface area contributed by atoms with Crippen molar-refractivity contribution in [3.05, 3.63) is 54.6 Å². The van der Waals surface area contributed by atoms with E-state index in [1.807, 2.05) is 18.3 Å². The van der Waals surface area contributed by atoms with Gasteiger partial charge in [-0.1, -0.05) is 19.3 Å². The molecule has 27 heavy (non-hydrogen) atoms. The Bertz CT molecular complexity index is 728. The lowest BCUT2D eigenvalue weighted by atomic mass is 10.1. The van der Waals surface area contributed by atoms with Crippen LogP contribution in [0.25, 0.3) is 0 Å². The molecule has 2 N–H and O–H groups in total. The molecule has 0 amide bonds. The highest BCUT2D eigenvalue weighted by molar-refractivity contribution is 5.94. The van der Waals surface area contributed by atoms with Crippen molar-refractivity contribution >= 4 is 11.6 Å². The molecule has 6 nitrogen and oxygen atoms in total. The summed E-state index contributed by atoms with van der Waals surface area (Å²) >= 11 is 0. The number of hydrogen-bond acceptors (Lipinski definition) is 4. The van der Waals surface area contributed by atoms with E-state index in [1.165, 1.54) is 12.1 Å². The van der Waals surface area contributed by atoms with Crippen LogP contribution in [0.4, 0.5) is 10.1 Å². The molecule has 2 aromatic rings. The Morgan fingerprint density at radius 1 is 1.04 bits per heavy atom. The van der Waals surface area contributed by atoms with E-state index in [1.54, 1.807) is 24.5 Å². The Morgan fingerprint density at radius 2 is 1.74 bits per heavy atom. The number of guanidine groups is 1. The Hall–Kier alpha value is -3.14. The van der Waals surface area contributed by atoms with Crippen LogP contribution >= 0.6 is 0 Å². The van der Waals surface area contributed by atoms with Gasteiger partial charge in [0.1, 0.15) is 11.6 Å². The summed E-state index contributed by atoms with van der Waals surface area (Å²) in [6, 6.07) is 9.69. The van der Waals surface area contributed by atoms with E-state index in [2.05, 4.69) is 20.6 Å². The van der Waals surface area contributed by atoms with Gasteiger partial charge in [-0.2, -0.15) is 5.26 Å². The second-order valence-electron chi connectivity index (χ2n) is 5.90. The molecule has 0 bridgehead atoms. The number of hydrogen-bond donors (Lipinski definition) is 2. The minimum Gasteiger partial charge on any atom is -0.494 e. The maximum atomic E-state index is 12.8. The third-order valence-electron chi connectivity index (χ3n) is 3.77. The summed E-state index contributed by atoms with van der Waals surface area (Å²) in [4.78, 5) is 8.33. The van der Waals surface area contributed by atoms with Gasteiger partial charge in [0.25, 0.3) is 0 Å². The number of unbranched alkanes of at least 4 members (excludes halogenated alkanes) is 4. The summed E-state index contributed by atoms with van der Waals surface area (Å²) in [5.74, 6) is 0.885. The number of nitrogens with zero attached hydrogens (tertiary/aromatic N) is 3. The number of ether oxygens (including phenoxy) is 1. The van der Waals surface area contributed by atoms with E-state index in [-0.39, 0.29) is 5.82 Å². The Kier molecular flexibility index (Phi) is 9.15. The summed E-state index contributed by atoms with van der Waals surface area (Å²) in [6.07, 6.45) is 10.4. The molecular weight excluding hydrogens is 345 g/mol. The first-order valence-electron chi connectivity index (χ1n) is 9.03. The van der Waals surface area contributed by atoms with Crippen LogP contribution in [-0.2, 0) is 0 Å². The number of pyridine rings is 1. The number of rotatable bonds is 10. The average Bonchev–Trinajstić information content (AvgIpc) is 2.69. The summed E-state index contributed by atoms with van der Waals surface area (Å²) in [6.45, 7) is 1.28. The molecule has 7 heteroatoms. The molecule has 0 spiro atoms. The first-order chi connectivity index (χ1) is 13.3. The van der Waals surface area contributed by atoms with Crippen LogP contribution < -0.4 is 15.4 Å². The molecular formula is C20H24FN5O. The molecule has 0 aliphatic heterocycles. The van der Waals surface area contributed by atoms with Crippen molar-refractivity contribution in [2.45, 2.75) is 32.1 Å². The van der Waals surface area contributed by atoms with Crippen molar-refractivity contribution < 1.29 is 9.13 Å². The second kappa shape index (κ2) is 12.3. The molecule has 0 aliphatic rings. The third kappa shape index (κ3) is 8.68. The zero-order chi connectivity index (χ0) is 19.2. The largest absolute Gasteiger partial charge is 0.494 e. The fourth-order valence-corrected chi connectivity index (χ4v) is 2.39. The van der Waals surface area contributed by atoms with Gasteiger partial charge in [0, 0.05) is 24.6 Å². The average molecular weight is 369 g/mol. The van der Waals surface area contributed by atoms with Crippen LogP contribution in [0.5, 0.6) is 5.75 Å². The number of nitriles is 1. The molecule has 1 aromatic heterocycles. The predicted molar refractivity (Wildman–Crippen MR) is 104 cm³/mol. The van der Waals surface area contributed by atoms with Crippen molar-refractivity contribution in [2.75, 3.05) is 18.5 Å². The summed E-state index contributed by atoms with van der Waals surface area (Å²) < 4.78 is 18.4. The van der Waals surface area contributed by atoms with Crippen molar-refractivity contribution in [1.82, 2.24) is 10.3 Å². The van der Waals surface area contributed by atoms with Crippen LogP contribution in [0, 0.1) is 17.3 Å². The third-order valence-corrected chi connectivity index (χ3v) is 3.77. The van der Waals surface area contributed by atoms with Gasteiger partial charge in [-0.05, 0) is 49.2 Å². The van der Waals surface area contributed by atoms with Crippen LogP contribution in [0.1, 0.15) is 32.1 Å². The molecule has 0 saturated heterocycles. The standard InChI is InChI=1S/C20H24FN5O/c21-17-6-8-19(9-7-17)27-15-5-3-1-2-4-12-24-20(25-16-22)26-18-10-13-23-14-11-18/h6-11,13-14H,1-5,12,15H2,(H2,23,24,25,26). The van der Waals surface area contributed by atoms with E-state index in [9.17, 15) is 4.39 Å². The molecule has 0 fully saturated rings. The van der Waals surface area contributed by atoms with Gasteiger partial charge in [-0.3, -0.25) is 15.3 Å². The molecule has 1 aromatic carbocycles. The van der Waals surface area contributed by atoms with Gasteiger partial charge in [0.15, 0.2) is 6.19 Å². The predicted octanol–water partition coefficient (Wildman–Crippen LogP) is 4.09. The number of aromatic nitrogens is 1. The number of benzene rings is 1. The molecule has 0 atom stereocenters. The molecule has 1 heterocycles. The summed E-state index contributed by atoms with van der Waals surface area (Å²) in [5.41, 5.74) is 0.827. The van der Waals surface area contributed by atoms with Crippen LogP contribution in [-0.4, -0.2) is 24.1 Å². The first kappa shape index (κ1) is 20.2. The van der Waals surface area contributed by atoms with E-state index in [0.717, 1.165) is 37.8 Å². The Balaban J connectivity index is 1.55. The zero-order valence-electron chi connectivity index (χ0n) is 15.2. The SMILES string of the molecule is N#CNC(=NCCCCCCCOc1ccc(F)cc1)Nc1ccncc1. The smallest absolute Gasteiger partial charge is 0.209 e. The fraction of sp³-hybridized carbons (Fsp3) is 0.350. The quantitative estimate of drug-likeness (QED) is 0.217. The normalized spacial score (nSPS) is 10.9. The van der Waals surface area contributed by atoms with Crippen LogP contribution in [0.3, 0.4) is 0 Å². The molecule has 0 saturated carbocycles. The van der Waals surface area contributed by atoms with Crippen LogP contribution in [0.15, 0.2) is 53.8 Å². The highest BCUT2D eigenvalue weighted by Gasteiger charge is 1.99. The molecule has 0 aliphatic carbocycles. The maximum absolute atomic E-state index is 12.8. The lowest BCUT2D eigenvalue weighted by Crippen LogP contribution is -2.27. The second-order valence-corrected chi connectivity index (χ2v) is 5.90. The lowest BCUT2D eigenvalue weighted by molar-refractivity contribution is 0.304. The first-order valence-corrected chi connectivity index (χ1v) is 9.03. The fourth-order valence-electron chi connectivity index (χ4n) is 2.39. The van der Waals surface area contributed by atoms with Crippen LogP contribution in [0.2, 0.25) is 0 Å². The van der Waals surface area contributed by atoms with Crippen molar-refractivity contribution in [3.8, 4) is 11.9 Å². The maximum Gasteiger partial charge on any atom is 0.209 e. The van der Waals surface area contributed by atoms with Gasteiger partial charge in [-0.15, -0.1) is 0 Å². The van der Waals surface area contributed by atoms with E-state index in [0.29, 0.717) is 24.9 Å². The molecule has 2 rings (SSSR count). The van der Waals surface area contributed by atoms with E-state index in [4.69, 9.17) is 10.00 Å². The highest BCUT2D eigenvalue weighted by atomic mass is 19.1. The molecule has 142 valence electrons. The monoisotopic (exact) mass is 369 g/mol. The number of anilines is 1. The summed E-state index contributed by atoms with van der Waals surface area (Å²) in [7, 11) is 0. The van der Waals surface area contributed by atoms with Gasteiger partial charge in [0.05, 0.1) is 6.61 Å². The number of halogens is 1. The Labute approximate surface area is 159 Å². The minimum absolute atomic E-state index is 0.255. The van der Waals surface area contributed by atoms with Crippen molar-refractivity contribution in [2.24, 2.45) is 4.99 Å². The number of nitrogens with one attached hydrogen (secondary N) is 2. The van der Waals surface area contributed by atoms with Gasteiger partial charge >= 0.3 is 0 Å².